The molecule has 4 heteroatoms. The zero-order valence-corrected chi connectivity index (χ0v) is 9.35. The molecule has 15 heavy (non-hydrogen) atoms. The summed E-state index contributed by atoms with van der Waals surface area (Å²) in [4.78, 5) is 5.23. The van der Waals surface area contributed by atoms with Crippen LogP contribution in [0.5, 0.6) is 0 Å². The van der Waals surface area contributed by atoms with Crippen LogP contribution in [0.2, 0.25) is 5.02 Å². The number of halogens is 1. The maximum absolute atomic E-state index is 8.55. The van der Waals surface area contributed by atoms with E-state index in [-0.39, 0.29) is 0 Å². The second-order valence-electron chi connectivity index (χ2n) is 2.98. The second kappa shape index (κ2) is 4.43. The number of thiazole rings is 1. The van der Waals surface area contributed by atoms with Gasteiger partial charge in [0.25, 0.3) is 0 Å². The lowest BCUT2D eigenvalue weighted by Crippen LogP contribution is -1.73. The van der Waals surface area contributed by atoms with Crippen molar-refractivity contribution in [1.82, 2.24) is 4.98 Å². The zero-order chi connectivity index (χ0) is 10.7. The molecule has 1 heterocycles. The van der Waals surface area contributed by atoms with Gasteiger partial charge in [-0.3, -0.25) is 0 Å². The van der Waals surface area contributed by atoms with Crippen LogP contribution in [0.3, 0.4) is 0 Å². The molecular formula is C11H7ClN2S. The summed E-state index contributed by atoms with van der Waals surface area (Å²) in [6.45, 7) is 0. The van der Waals surface area contributed by atoms with E-state index in [0.29, 0.717) is 11.4 Å². The average Bonchev–Trinajstić information content (AvgIpc) is 2.67. The Balaban J connectivity index is 2.34. The minimum atomic E-state index is 0.415. The third-order valence-electron chi connectivity index (χ3n) is 1.88. The summed E-state index contributed by atoms with van der Waals surface area (Å²) in [5, 5.41) is 10.2. The maximum atomic E-state index is 8.55. The molecule has 0 spiro atoms. The van der Waals surface area contributed by atoms with E-state index >= 15 is 0 Å². The number of rotatable bonds is 2. The summed E-state index contributed by atoms with van der Waals surface area (Å²) in [5.41, 5.74) is 0.997. The molecule has 0 unspecified atom stereocenters. The van der Waals surface area contributed by atoms with Gasteiger partial charge in [-0.25, -0.2) is 4.98 Å². The minimum Gasteiger partial charge on any atom is -0.244 e. The van der Waals surface area contributed by atoms with Gasteiger partial charge in [0.15, 0.2) is 0 Å². The molecule has 0 aliphatic heterocycles. The highest BCUT2D eigenvalue weighted by Gasteiger charge is 2.04. The number of nitriles is 1. The Morgan fingerprint density at radius 1 is 1.47 bits per heavy atom. The molecule has 0 aliphatic carbocycles. The van der Waals surface area contributed by atoms with Gasteiger partial charge in [0, 0.05) is 21.7 Å². The zero-order valence-electron chi connectivity index (χ0n) is 7.77. The van der Waals surface area contributed by atoms with Crippen LogP contribution < -0.4 is 0 Å². The monoisotopic (exact) mass is 234 g/mol. The predicted molar refractivity (Wildman–Crippen MR) is 61.9 cm³/mol. The van der Waals surface area contributed by atoms with Crippen molar-refractivity contribution < 1.29 is 0 Å². The smallest absolute Gasteiger partial charge is 0.123 e. The second-order valence-corrected chi connectivity index (χ2v) is 4.53. The van der Waals surface area contributed by atoms with Crippen molar-refractivity contribution in [3.05, 3.63) is 40.4 Å². The molecule has 1 aromatic carbocycles. The van der Waals surface area contributed by atoms with Crippen LogP contribution in [0.1, 0.15) is 4.88 Å². The van der Waals surface area contributed by atoms with Crippen LogP contribution in [0, 0.1) is 11.3 Å². The van der Waals surface area contributed by atoms with E-state index in [1.54, 1.807) is 6.20 Å². The van der Waals surface area contributed by atoms with Crippen molar-refractivity contribution in [3.63, 3.8) is 0 Å². The highest BCUT2D eigenvalue weighted by Crippen LogP contribution is 2.27. The molecule has 0 saturated heterocycles. The SMILES string of the molecule is N#CCc1cnc(-c2cccc(Cl)c2)s1. The van der Waals surface area contributed by atoms with Crippen LogP contribution >= 0.6 is 22.9 Å². The first-order valence-corrected chi connectivity index (χ1v) is 5.56. The highest BCUT2D eigenvalue weighted by atomic mass is 35.5. The Labute approximate surface area is 96.8 Å². The van der Waals surface area contributed by atoms with E-state index in [9.17, 15) is 0 Å². The van der Waals surface area contributed by atoms with Crippen molar-refractivity contribution >= 4 is 22.9 Å². The van der Waals surface area contributed by atoms with Gasteiger partial charge in [-0.15, -0.1) is 11.3 Å². The predicted octanol–water partition coefficient (Wildman–Crippen LogP) is 3.53. The molecule has 0 saturated carbocycles. The van der Waals surface area contributed by atoms with Crippen LogP contribution in [0.15, 0.2) is 30.5 Å². The van der Waals surface area contributed by atoms with Gasteiger partial charge in [-0.2, -0.15) is 5.26 Å². The molecule has 0 fully saturated rings. The first-order chi connectivity index (χ1) is 7.29. The Morgan fingerprint density at radius 3 is 3.07 bits per heavy atom. The molecule has 0 atom stereocenters. The average molecular weight is 235 g/mol. The van der Waals surface area contributed by atoms with E-state index < -0.39 is 0 Å². The molecule has 0 amide bonds. The van der Waals surface area contributed by atoms with E-state index in [2.05, 4.69) is 11.1 Å². The lowest BCUT2D eigenvalue weighted by molar-refractivity contribution is 1.28. The van der Waals surface area contributed by atoms with E-state index in [1.165, 1.54) is 11.3 Å². The number of benzene rings is 1. The lowest BCUT2D eigenvalue weighted by atomic mass is 10.2. The van der Waals surface area contributed by atoms with Gasteiger partial charge in [-0.05, 0) is 12.1 Å². The Hall–Kier alpha value is -1.37. The molecule has 0 bridgehead atoms. The molecule has 0 radical (unpaired) electrons. The van der Waals surface area contributed by atoms with Crippen molar-refractivity contribution in [3.8, 4) is 16.6 Å². The fourth-order valence-electron chi connectivity index (χ4n) is 1.22. The Bertz CT molecular complexity index is 513. The summed E-state index contributed by atoms with van der Waals surface area (Å²) < 4.78 is 0. The van der Waals surface area contributed by atoms with Gasteiger partial charge in [0.1, 0.15) is 5.01 Å². The topological polar surface area (TPSA) is 36.7 Å². The van der Waals surface area contributed by atoms with Gasteiger partial charge in [0.2, 0.25) is 0 Å². The highest BCUT2D eigenvalue weighted by molar-refractivity contribution is 7.15. The molecule has 2 nitrogen and oxygen atoms in total. The standard InChI is InChI=1S/C11H7ClN2S/c12-9-3-1-2-8(6-9)11-14-7-10(15-11)4-5-13/h1-3,6-7H,4H2. The molecule has 0 N–H and O–H groups in total. The van der Waals surface area contributed by atoms with E-state index in [0.717, 1.165) is 15.4 Å². The summed E-state index contributed by atoms with van der Waals surface area (Å²) in [7, 11) is 0. The molecule has 1 aromatic heterocycles. The number of aromatic nitrogens is 1. The molecule has 2 rings (SSSR count). The summed E-state index contributed by atoms with van der Waals surface area (Å²) in [6, 6.07) is 9.66. The first-order valence-electron chi connectivity index (χ1n) is 4.37. The normalized spacial score (nSPS) is 9.87. The molecule has 74 valence electrons. The lowest BCUT2D eigenvalue weighted by Gasteiger charge is -1.95. The van der Waals surface area contributed by atoms with Crippen molar-refractivity contribution in [2.24, 2.45) is 0 Å². The van der Waals surface area contributed by atoms with Crippen LogP contribution in [0.25, 0.3) is 10.6 Å². The van der Waals surface area contributed by atoms with Gasteiger partial charge < -0.3 is 0 Å². The first kappa shape index (κ1) is 10.2. The maximum Gasteiger partial charge on any atom is 0.123 e. The van der Waals surface area contributed by atoms with Gasteiger partial charge >= 0.3 is 0 Å². The fourth-order valence-corrected chi connectivity index (χ4v) is 2.25. The van der Waals surface area contributed by atoms with Crippen molar-refractivity contribution in [2.75, 3.05) is 0 Å². The summed E-state index contributed by atoms with van der Waals surface area (Å²) >= 11 is 7.41. The van der Waals surface area contributed by atoms with E-state index in [1.807, 2.05) is 24.3 Å². The number of hydrogen-bond acceptors (Lipinski definition) is 3. The Morgan fingerprint density at radius 2 is 2.33 bits per heavy atom. The molecule has 2 aromatic rings. The van der Waals surface area contributed by atoms with Crippen molar-refractivity contribution in [1.29, 1.82) is 5.26 Å². The van der Waals surface area contributed by atoms with Crippen LogP contribution in [0.4, 0.5) is 0 Å². The minimum absolute atomic E-state index is 0.415. The van der Waals surface area contributed by atoms with Crippen molar-refractivity contribution in [2.45, 2.75) is 6.42 Å². The Kier molecular flexibility index (Phi) is 3.00. The quantitative estimate of drug-likeness (QED) is 0.797. The molecular weight excluding hydrogens is 228 g/mol. The number of nitrogens with zero attached hydrogens (tertiary/aromatic N) is 2. The summed E-state index contributed by atoms with van der Waals surface area (Å²) in [5.74, 6) is 0. The third-order valence-corrected chi connectivity index (χ3v) is 3.16. The van der Waals surface area contributed by atoms with Crippen LogP contribution in [-0.4, -0.2) is 4.98 Å². The van der Waals surface area contributed by atoms with Crippen LogP contribution in [-0.2, 0) is 6.42 Å². The summed E-state index contributed by atoms with van der Waals surface area (Å²) in [6.07, 6.45) is 2.16. The van der Waals surface area contributed by atoms with Gasteiger partial charge in [0.05, 0.1) is 12.5 Å². The molecule has 0 aliphatic rings. The third kappa shape index (κ3) is 2.35. The van der Waals surface area contributed by atoms with E-state index in [4.69, 9.17) is 16.9 Å². The fraction of sp³-hybridized carbons (Fsp3) is 0.0909. The number of hydrogen-bond donors (Lipinski definition) is 0. The van der Waals surface area contributed by atoms with Gasteiger partial charge in [-0.1, -0.05) is 23.7 Å². The largest absolute Gasteiger partial charge is 0.244 e.